The molecule has 0 aromatic heterocycles. The van der Waals surface area contributed by atoms with E-state index >= 15 is 0 Å². The maximum Gasteiger partial charge on any atom is 0.222 e. The summed E-state index contributed by atoms with van der Waals surface area (Å²) in [5, 5.41) is 6.13. The number of piperidine rings is 1. The third-order valence-electron chi connectivity index (χ3n) is 3.35. The summed E-state index contributed by atoms with van der Waals surface area (Å²) in [4.78, 5) is 19.8. The van der Waals surface area contributed by atoms with Crippen molar-refractivity contribution >= 4 is 18.5 Å². The molecule has 2 heterocycles. The molecule has 1 saturated heterocycles. The van der Waals surface area contributed by atoms with Crippen LogP contribution in [0.25, 0.3) is 0 Å². The molecule has 5 nitrogen and oxygen atoms in total. The number of hydrogen-bond acceptors (Lipinski definition) is 4. The van der Waals surface area contributed by atoms with Crippen molar-refractivity contribution in [1.29, 1.82) is 0 Å². The van der Waals surface area contributed by atoms with E-state index in [0.29, 0.717) is 13.1 Å². The fourth-order valence-corrected chi connectivity index (χ4v) is 2.33. The molecule has 1 spiro atoms. The van der Waals surface area contributed by atoms with E-state index in [1.165, 1.54) is 6.34 Å². The maximum absolute atomic E-state index is 11.7. The molecule has 1 amide bonds. The van der Waals surface area contributed by atoms with Gasteiger partial charge < -0.3 is 10.6 Å². The summed E-state index contributed by atoms with van der Waals surface area (Å²) in [6, 6.07) is 0. The van der Waals surface area contributed by atoms with E-state index in [9.17, 15) is 4.79 Å². The summed E-state index contributed by atoms with van der Waals surface area (Å²) in [7, 11) is 0. The Bertz CT molecular complexity index is 305. The van der Waals surface area contributed by atoms with E-state index < -0.39 is 0 Å². The highest BCUT2D eigenvalue weighted by Gasteiger charge is 2.33. The molecule has 2 rings (SSSR count). The molecular weight excluding hydrogens is 204 g/mol. The third kappa shape index (κ3) is 2.88. The highest BCUT2D eigenvalue weighted by molar-refractivity contribution is 5.79. The second-order valence-electron chi connectivity index (χ2n) is 4.52. The fourth-order valence-electron chi connectivity index (χ4n) is 2.33. The van der Waals surface area contributed by atoms with Crippen LogP contribution in [-0.4, -0.2) is 38.2 Å². The summed E-state index contributed by atoms with van der Waals surface area (Å²) < 4.78 is 0. The van der Waals surface area contributed by atoms with Gasteiger partial charge in [-0.15, -0.1) is 0 Å². The minimum atomic E-state index is 0.101. The number of carbonyl (C=O) groups is 1. The van der Waals surface area contributed by atoms with Crippen molar-refractivity contribution < 1.29 is 4.79 Å². The zero-order chi connectivity index (χ0) is 11.3. The van der Waals surface area contributed by atoms with Gasteiger partial charge in [-0.2, -0.15) is 0 Å². The Hall–Kier alpha value is -1.23. The molecule has 88 valence electrons. The third-order valence-corrected chi connectivity index (χ3v) is 3.35. The fraction of sp³-hybridized carbons (Fsp3) is 0.727. The lowest BCUT2D eigenvalue weighted by Crippen LogP contribution is -2.41. The zero-order valence-electron chi connectivity index (χ0n) is 9.41. The first kappa shape index (κ1) is 11.3. The minimum Gasteiger partial charge on any atom is -0.337 e. The van der Waals surface area contributed by atoms with Crippen LogP contribution < -0.4 is 10.6 Å². The molecule has 0 atom stereocenters. The highest BCUT2D eigenvalue weighted by Crippen LogP contribution is 2.35. The smallest absolute Gasteiger partial charge is 0.222 e. The average molecular weight is 222 g/mol. The number of nitrogens with one attached hydrogen (secondary N) is 2. The van der Waals surface area contributed by atoms with Crippen molar-refractivity contribution in [2.24, 2.45) is 15.4 Å². The number of aliphatic imine (C=N–C) groups is 2. The molecule has 2 N–H and O–H groups in total. The van der Waals surface area contributed by atoms with Crippen LogP contribution in [0.3, 0.4) is 0 Å². The zero-order valence-corrected chi connectivity index (χ0v) is 9.41. The maximum atomic E-state index is 11.7. The molecule has 0 aromatic carbocycles. The molecule has 0 unspecified atom stereocenters. The Morgan fingerprint density at radius 3 is 2.94 bits per heavy atom. The Kier molecular flexibility index (Phi) is 3.66. The SMILES string of the molecule is O=C1CC2(CC=N/C=N\CN1)CCNCC2. The molecule has 0 aromatic rings. The quantitative estimate of drug-likeness (QED) is 0.620. The summed E-state index contributed by atoms with van der Waals surface area (Å²) in [6.45, 7) is 2.33. The van der Waals surface area contributed by atoms with Crippen LogP contribution >= 0.6 is 0 Å². The second-order valence-corrected chi connectivity index (χ2v) is 4.52. The lowest BCUT2D eigenvalue weighted by molar-refractivity contribution is -0.123. The van der Waals surface area contributed by atoms with E-state index in [0.717, 1.165) is 32.4 Å². The van der Waals surface area contributed by atoms with Gasteiger partial charge in [0.2, 0.25) is 5.91 Å². The molecular formula is C11H18N4O. The van der Waals surface area contributed by atoms with Crippen LogP contribution in [0.4, 0.5) is 0 Å². The van der Waals surface area contributed by atoms with Crippen molar-refractivity contribution in [2.75, 3.05) is 19.8 Å². The van der Waals surface area contributed by atoms with Crippen LogP contribution in [0, 0.1) is 5.41 Å². The summed E-state index contributed by atoms with van der Waals surface area (Å²) >= 11 is 0. The number of carbonyl (C=O) groups excluding carboxylic acids is 1. The van der Waals surface area contributed by atoms with E-state index in [-0.39, 0.29) is 11.3 Å². The first-order valence-electron chi connectivity index (χ1n) is 5.78. The molecule has 0 saturated carbocycles. The Labute approximate surface area is 95.4 Å². The van der Waals surface area contributed by atoms with Crippen LogP contribution in [0.1, 0.15) is 25.7 Å². The molecule has 16 heavy (non-hydrogen) atoms. The minimum absolute atomic E-state index is 0.101. The Morgan fingerprint density at radius 1 is 1.31 bits per heavy atom. The molecule has 2 aliphatic heterocycles. The first-order chi connectivity index (χ1) is 7.81. The van der Waals surface area contributed by atoms with Gasteiger partial charge in [-0.3, -0.25) is 9.79 Å². The molecule has 2 aliphatic rings. The van der Waals surface area contributed by atoms with Crippen molar-refractivity contribution in [3.63, 3.8) is 0 Å². The average Bonchev–Trinajstić information content (AvgIpc) is 2.29. The topological polar surface area (TPSA) is 65.8 Å². The number of amides is 1. The summed E-state index contributed by atoms with van der Waals surface area (Å²) in [6.07, 6.45) is 6.96. The van der Waals surface area contributed by atoms with Crippen molar-refractivity contribution in [3.05, 3.63) is 0 Å². The standard InChI is InChI=1S/C11H18N4O/c16-10-7-11(1-4-12-5-2-11)3-6-13-8-14-9-15-10/h6,8,12H,1-5,7,9H2,(H,15,16)/b13-6?,14-8-. The van der Waals surface area contributed by atoms with Crippen molar-refractivity contribution in [2.45, 2.75) is 25.7 Å². The molecule has 0 bridgehead atoms. The van der Waals surface area contributed by atoms with Gasteiger partial charge in [0.1, 0.15) is 13.0 Å². The van der Waals surface area contributed by atoms with Gasteiger partial charge in [0.05, 0.1) is 0 Å². The largest absolute Gasteiger partial charge is 0.337 e. The van der Waals surface area contributed by atoms with Gasteiger partial charge in [0.25, 0.3) is 0 Å². The molecule has 0 aliphatic carbocycles. The van der Waals surface area contributed by atoms with Gasteiger partial charge in [0, 0.05) is 12.6 Å². The van der Waals surface area contributed by atoms with E-state index in [4.69, 9.17) is 0 Å². The predicted molar refractivity (Wildman–Crippen MR) is 63.8 cm³/mol. The predicted octanol–water partition coefficient (Wildman–Crippen LogP) is 0.323. The number of hydrogen-bond donors (Lipinski definition) is 2. The summed E-state index contributed by atoms with van der Waals surface area (Å²) in [5.41, 5.74) is 0.101. The summed E-state index contributed by atoms with van der Waals surface area (Å²) in [5.74, 6) is 0.106. The lowest BCUT2D eigenvalue weighted by Gasteiger charge is -2.36. The Balaban J connectivity index is 2.10. The van der Waals surface area contributed by atoms with Gasteiger partial charge in [-0.05, 0) is 37.8 Å². The van der Waals surface area contributed by atoms with Gasteiger partial charge >= 0.3 is 0 Å². The lowest BCUT2D eigenvalue weighted by atomic mass is 9.73. The molecule has 5 heteroatoms. The number of nitrogens with zero attached hydrogens (tertiary/aromatic N) is 2. The van der Waals surface area contributed by atoms with Gasteiger partial charge in [-0.25, -0.2) is 4.99 Å². The van der Waals surface area contributed by atoms with Gasteiger partial charge in [-0.1, -0.05) is 0 Å². The highest BCUT2D eigenvalue weighted by atomic mass is 16.1. The van der Waals surface area contributed by atoms with E-state index in [1.807, 2.05) is 6.21 Å². The monoisotopic (exact) mass is 222 g/mol. The molecule has 0 radical (unpaired) electrons. The van der Waals surface area contributed by atoms with Crippen LogP contribution in [0.5, 0.6) is 0 Å². The second kappa shape index (κ2) is 5.21. The molecule has 1 fully saturated rings. The normalized spacial score (nSPS) is 27.4. The van der Waals surface area contributed by atoms with Crippen molar-refractivity contribution in [1.82, 2.24) is 10.6 Å². The van der Waals surface area contributed by atoms with Crippen molar-refractivity contribution in [3.8, 4) is 0 Å². The van der Waals surface area contributed by atoms with Crippen LogP contribution in [0.15, 0.2) is 9.98 Å². The van der Waals surface area contributed by atoms with Crippen LogP contribution in [0.2, 0.25) is 0 Å². The Morgan fingerprint density at radius 2 is 2.12 bits per heavy atom. The van der Waals surface area contributed by atoms with Crippen LogP contribution in [-0.2, 0) is 4.79 Å². The van der Waals surface area contributed by atoms with E-state index in [1.54, 1.807) is 0 Å². The number of rotatable bonds is 0. The van der Waals surface area contributed by atoms with E-state index in [2.05, 4.69) is 20.6 Å². The first-order valence-corrected chi connectivity index (χ1v) is 5.78. The van der Waals surface area contributed by atoms with Gasteiger partial charge in [0.15, 0.2) is 0 Å².